The third-order valence-electron chi connectivity index (χ3n) is 1.21. The van der Waals surface area contributed by atoms with Crippen molar-refractivity contribution >= 4 is 17.7 Å². The second-order valence-corrected chi connectivity index (χ2v) is 3.85. The number of nitrogens with one attached hydrogen (secondary N) is 1. The summed E-state index contributed by atoms with van der Waals surface area (Å²) in [6, 6.07) is -0.445. The third-order valence-corrected chi connectivity index (χ3v) is 2.35. The zero-order valence-corrected chi connectivity index (χ0v) is 8.26. The van der Waals surface area contributed by atoms with Crippen LogP contribution >= 0.6 is 11.8 Å². The predicted molar refractivity (Wildman–Crippen MR) is 46.7 cm³/mol. The van der Waals surface area contributed by atoms with Crippen molar-refractivity contribution in [2.45, 2.75) is 26.1 Å². The lowest BCUT2D eigenvalue weighted by atomic mass is 10.4. The first-order valence-electron chi connectivity index (χ1n) is 3.83. The molecule has 6 heteroatoms. The summed E-state index contributed by atoms with van der Waals surface area (Å²) in [6.45, 7) is 3.45. The fraction of sp³-hybridized carbons (Fsp3) is 0.857. The number of hydrogen-bond acceptors (Lipinski definition) is 2. The van der Waals surface area contributed by atoms with E-state index in [9.17, 15) is 18.0 Å². The first-order valence-corrected chi connectivity index (χ1v) is 4.98. The van der Waals surface area contributed by atoms with E-state index in [1.54, 1.807) is 6.92 Å². The minimum atomic E-state index is -4.77. The molecule has 0 aliphatic rings. The largest absolute Gasteiger partial charge is 0.471 e. The molecular formula is C7H12F3NOS. The van der Waals surface area contributed by atoms with Crippen LogP contribution in [0.3, 0.4) is 0 Å². The molecule has 1 unspecified atom stereocenters. The molecule has 0 aromatic heterocycles. The Hall–Kier alpha value is -0.390. The van der Waals surface area contributed by atoms with E-state index in [0.29, 0.717) is 5.75 Å². The smallest absolute Gasteiger partial charge is 0.345 e. The van der Waals surface area contributed by atoms with Gasteiger partial charge in [0.15, 0.2) is 0 Å². The lowest BCUT2D eigenvalue weighted by Gasteiger charge is -2.14. The Bertz CT molecular complexity index is 172. The van der Waals surface area contributed by atoms with Crippen LogP contribution in [0.25, 0.3) is 0 Å². The van der Waals surface area contributed by atoms with Gasteiger partial charge in [0.05, 0.1) is 0 Å². The molecule has 0 aliphatic heterocycles. The zero-order valence-electron chi connectivity index (χ0n) is 7.44. The van der Waals surface area contributed by atoms with E-state index >= 15 is 0 Å². The Morgan fingerprint density at radius 2 is 2.08 bits per heavy atom. The fourth-order valence-electron chi connectivity index (χ4n) is 0.642. The number of amides is 1. The van der Waals surface area contributed by atoms with Gasteiger partial charge >= 0.3 is 12.1 Å². The number of rotatable bonds is 4. The van der Waals surface area contributed by atoms with Crippen molar-refractivity contribution in [2.75, 3.05) is 11.5 Å². The van der Waals surface area contributed by atoms with Crippen LogP contribution in [-0.4, -0.2) is 29.6 Å². The van der Waals surface area contributed by atoms with Crippen LogP contribution in [0.15, 0.2) is 0 Å². The second-order valence-electron chi connectivity index (χ2n) is 2.53. The molecule has 0 aromatic carbocycles. The highest BCUT2D eigenvalue weighted by Crippen LogP contribution is 2.14. The third kappa shape index (κ3) is 5.79. The SMILES string of the molecule is CCSCC(C)NC(=O)C(F)(F)F. The molecule has 0 fully saturated rings. The Labute approximate surface area is 79.3 Å². The summed E-state index contributed by atoms with van der Waals surface area (Å²) in [4.78, 5) is 10.4. The van der Waals surface area contributed by atoms with Gasteiger partial charge in [-0.25, -0.2) is 0 Å². The highest BCUT2D eigenvalue weighted by molar-refractivity contribution is 7.99. The highest BCUT2D eigenvalue weighted by atomic mass is 32.2. The lowest BCUT2D eigenvalue weighted by Crippen LogP contribution is -2.42. The normalized spacial score (nSPS) is 13.9. The van der Waals surface area contributed by atoms with Crippen molar-refractivity contribution in [1.29, 1.82) is 0 Å². The molecule has 1 atom stereocenters. The molecule has 0 spiro atoms. The standard InChI is InChI=1S/C7H12F3NOS/c1-3-13-4-5(2)11-6(12)7(8,9)10/h5H,3-4H2,1-2H3,(H,11,12). The quantitative estimate of drug-likeness (QED) is 0.774. The van der Waals surface area contributed by atoms with E-state index < -0.39 is 18.1 Å². The Kier molecular flexibility index (Phi) is 5.20. The minimum absolute atomic E-state index is 0.445. The van der Waals surface area contributed by atoms with E-state index in [1.165, 1.54) is 11.8 Å². The first kappa shape index (κ1) is 12.6. The highest BCUT2D eigenvalue weighted by Gasteiger charge is 2.39. The molecular weight excluding hydrogens is 203 g/mol. The molecule has 1 amide bonds. The van der Waals surface area contributed by atoms with E-state index in [2.05, 4.69) is 0 Å². The van der Waals surface area contributed by atoms with E-state index in [0.717, 1.165) is 5.75 Å². The van der Waals surface area contributed by atoms with Crippen molar-refractivity contribution in [1.82, 2.24) is 5.32 Å². The van der Waals surface area contributed by atoms with Gasteiger partial charge in [0.25, 0.3) is 0 Å². The number of carbonyl (C=O) groups excluding carboxylic acids is 1. The Balaban J connectivity index is 3.79. The Morgan fingerprint density at radius 3 is 2.46 bits per heavy atom. The molecule has 1 N–H and O–H groups in total. The van der Waals surface area contributed by atoms with Crippen molar-refractivity contribution in [3.63, 3.8) is 0 Å². The summed E-state index contributed by atoms with van der Waals surface area (Å²) < 4.78 is 35.1. The van der Waals surface area contributed by atoms with Gasteiger partial charge in [0, 0.05) is 11.8 Å². The molecule has 2 nitrogen and oxygen atoms in total. The maximum absolute atomic E-state index is 11.7. The maximum Gasteiger partial charge on any atom is 0.471 e. The van der Waals surface area contributed by atoms with Gasteiger partial charge in [0.1, 0.15) is 0 Å². The summed E-state index contributed by atoms with van der Waals surface area (Å²) in [5.74, 6) is -0.540. The maximum atomic E-state index is 11.7. The molecule has 78 valence electrons. The monoisotopic (exact) mass is 215 g/mol. The molecule has 0 saturated carbocycles. The van der Waals surface area contributed by atoms with Crippen molar-refractivity contribution < 1.29 is 18.0 Å². The molecule has 0 saturated heterocycles. The van der Waals surface area contributed by atoms with Gasteiger partial charge < -0.3 is 5.32 Å². The molecule has 0 heterocycles. The van der Waals surface area contributed by atoms with Gasteiger partial charge in [-0.1, -0.05) is 6.92 Å². The van der Waals surface area contributed by atoms with Gasteiger partial charge in [-0.05, 0) is 12.7 Å². The average molecular weight is 215 g/mol. The topological polar surface area (TPSA) is 29.1 Å². The molecule has 0 aromatic rings. The molecule has 0 rings (SSSR count). The number of hydrogen-bond donors (Lipinski definition) is 1. The van der Waals surface area contributed by atoms with Crippen LogP contribution in [0.4, 0.5) is 13.2 Å². The van der Waals surface area contributed by atoms with Crippen LogP contribution in [0.2, 0.25) is 0 Å². The van der Waals surface area contributed by atoms with Crippen LogP contribution in [0.1, 0.15) is 13.8 Å². The van der Waals surface area contributed by atoms with Gasteiger partial charge in [-0.2, -0.15) is 24.9 Å². The van der Waals surface area contributed by atoms with Gasteiger partial charge in [0.2, 0.25) is 0 Å². The van der Waals surface area contributed by atoms with Crippen molar-refractivity contribution in [2.24, 2.45) is 0 Å². The van der Waals surface area contributed by atoms with Gasteiger partial charge in [-0.15, -0.1) is 0 Å². The van der Waals surface area contributed by atoms with Gasteiger partial charge in [-0.3, -0.25) is 4.79 Å². The first-order chi connectivity index (χ1) is 5.88. The lowest BCUT2D eigenvalue weighted by molar-refractivity contribution is -0.174. The number of carbonyl (C=O) groups is 1. The van der Waals surface area contributed by atoms with E-state index in [1.807, 2.05) is 12.2 Å². The Morgan fingerprint density at radius 1 is 1.54 bits per heavy atom. The van der Waals surface area contributed by atoms with E-state index in [-0.39, 0.29) is 0 Å². The summed E-state index contributed by atoms with van der Waals surface area (Å²) in [5, 5.41) is 1.87. The summed E-state index contributed by atoms with van der Waals surface area (Å²) in [7, 11) is 0. The number of alkyl halides is 3. The second kappa shape index (κ2) is 5.36. The zero-order chi connectivity index (χ0) is 10.5. The molecule has 0 radical (unpaired) electrons. The van der Waals surface area contributed by atoms with Crippen LogP contribution in [0, 0.1) is 0 Å². The summed E-state index contributed by atoms with van der Waals surface area (Å²) >= 11 is 1.49. The predicted octanol–water partition coefficient (Wildman–Crippen LogP) is 1.81. The van der Waals surface area contributed by atoms with Crippen molar-refractivity contribution in [3.05, 3.63) is 0 Å². The van der Waals surface area contributed by atoms with E-state index in [4.69, 9.17) is 0 Å². The molecule has 0 bridgehead atoms. The number of thioether (sulfide) groups is 1. The number of halogens is 3. The van der Waals surface area contributed by atoms with Crippen LogP contribution in [-0.2, 0) is 4.79 Å². The average Bonchev–Trinajstić information content (AvgIpc) is 1.99. The fourth-order valence-corrected chi connectivity index (χ4v) is 1.31. The minimum Gasteiger partial charge on any atom is -0.345 e. The summed E-state index contributed by atoms with van der Waals surface area (Å²) in [5.41, 5.74) is 0. The van der Waals surface area contributed by atoms with Crippen LogP contribution < -0.4 is 5.32 Å². The summed E-state index contributed by atoms with van der Waals surface area (Å²) in [6.07, 6.45) is -4.77. The molecule has 0 aliphatic carbocycles. The van der Waals surface area contributed by atoms with Crippen LogP contribution in [0.5, 0.6) is 0 Å². The molecule has 13 heavy (non-hydrogen) atoms. The van der Waals surface area contributed by atoms with Crippen molar-refractivity contribution in [3.8, 4) is 0 Å².